The number of methoxy groups -OCH3 is 2. The standard InChI is InChI=1S/C26H25N5O7S/c1-5-37-26(32)18-14-17(12-13-27-18)23-29-24(31(39(33)34)21-11-10-16(2)15-28-21)22(25(30-23)36-4)38-20-9-7-6-8-19(20)35-3/h6-15H,5H2,1-4H3,(H,33,34)/p-1. The lowest BCUT2D eigenvalue weighted by molar-refractivity contribution is 0.0519. The first-order valence-electron chi connectivity index (χ1n) is 11.6. The van der Waals surface area contributed by atoms with Gasteiger partial charge in [0.05, 0.1) is 32.1 Å². The molecular weight excluding hydrogens is 526 g/mol. The Morgan fingerprint density at radius 2 is 1.79 bits per heavy atom. The largest absolute Gasteiger partial charge is 0.755 e. The third-order valence-corrected chi connectivity index (χ3v) is 5.90. The Kier molecular flexibility index (Phi) is 8.63. The highest BCUT2D eigenvalue weighted by molar-refractivity contribution is 7.81. The Bertz CT molecular complexity index is 1500. The second-order valence-corrected chi connectivity index (χ2v) is 8.62. The van der Waals surface area contributed by atoms with Gasteiger partial charge in [-0.25, -0.2) is 24.1 Å². The van der Waals surface area contributed by atoms with E-state index in [2.05, 4.69) is 19.9 Å². The number of nitrogens with zero attached hydrogens (tertiary/aromatic N) is 5. The normalized spacial score (nSPS) is 11.4. The summed E-state index contributed by atoms with van der Waals surface area (Å²) < 4.78 is 48.1. The molecule has 0 aliphatic rings. The van der Waals surface area contributed by atoms with Gasteiger partial charge in [-0.1, -0.05) is 18.2 Å². The predicted octanol–water partition coefficient (Wildman–Crippen LogP) is 4.16. The molecule has 0 amide bonds. The zero-order valence-corrected chi connectivity index (χ0v) is 22.3. The van der Waals surface area contributed by atoms with Gasteiger partial charge < -0.3 is 23.5 Å². The molecule has 0 spiro atoms. The summed E-state index contributed by atoms with van der Waals surface area (Å²) in [4.78, 5) is 29.5. The number of carbonyl (C=O) groups is 1. The molecule has 3 heterocycles. The highest BCUT2D eigenvalue weighted by Crippen LogP contribution is 2.44. The number of ether oxygens (including phenoxy) is 4. The minimum absolute atomic E-state index is 0.0253. The highest BCUT2D eigenvalue weighted by atomic mass is 32.2. The van der Waals surface area contributed by atoms with Gasteiger partial charge in [0.25, 0.3) is 5.88 Å². The summed E-state index contributed by atoms with van der Waals surface area (Å²) >= 11 is -2.90. The lowest BCUT2D eigenvalue weighted by atomic mass is 10.2. The molecule has 12 nitrogen and oxygen atoms in total. The minimum atomic E-state index is -2.90. The SMILES string of the molecule is CCOC(=O)c1cc(-c2nc(OC)c(Oc3ccccc3OC)c(N(c3ccc(C)cn3)S(=O)[O-])n2)ccn1. The first-order valence-corrected chi connectivity index (χ1v) is 12.6. The van der Waals surface area contributed by atoms with E-state index in [1.165, 1.54) is 38.7 Å². The molecule has 4 rings (SSSR count). The molecule has 3 aromatic heterocycles. The third-order valence-electron chi connectivity index (χ3n) is 5.24. The zero-order valence-electron chi connectivity index (χ0n) is 21.5. The van der Waals surface area contributed by atoms with Crippen molar-refractivity contribution in [1.29, 1.82) is 0 Å². The number of anilines is 2. The van der Waals surface area contributed by atoms with Crippen LogP contribution in [0.5, 0.6) is 23.1 Å². The first kappa shape index (κ1) is 27.4. The zero-order chi connectivity index (χ0) is 27.9. The van der Waals surface area contributed by atoms with Crippen molar-refractivity contribution in [3.63, 3.8) is 0 Å². The number of carbonyl (C=O) groups excluding carboxylic acids is 1. The number of esters is 1. The molecule has 202 valence electrons. The molecule has 39 heavy (non-hydrogen) atoms. The molecule has 0 aliphatic heterocycles. The van der Waals surface area contributed by atoms with Crippen molar-refractivity contribution in [3.8, 4) is 34.5 Å². The molecule has 1 aromatic carbocycles. The van der Waals surface area contributed by atoms with Crippen LogP contribution in [0.2, 0.25) is 0 Å². The van der Waals surface area contributed by atoms with Crippen LogP contribution in [0.3, 0.4) is 0 Å². The van der Waals surface area contributed by atoms with Gasteiger partial charge in [-0.3, -0.25) is 4.21 Å². The highest BCUT2D eigenvalue weighted by Gasteiger charge is 2.27. The van der Waals surface area contributed by atoms with Crippen molar-refractivity contribution in [2.45, 2.75) is 13.8 Å². The van der Waals surface area contributed by atoms with Crippen LogP contribution in [0.15, 0.2) is 60.9 Å². The minimum Gasteiger partial charge on any atom is -0.755 e. The van der Waals surface area contributed by atoms with E-state index >= 15 is 0 Å². The smallest absolute Gasteiger partial charge is 0.356 e. The number of aromatic nitrogens is 4. The van der Waals surface area contributed by atoms with Crippen molar-refractivity contribution in [3.05, 3.63) is 72.2 Å². The van der Waals surface area contributed by atoms with Crippen LogP contribution < -0.4 is 18.5 Å². The molecule has 0 bridgehead atoms. The van der Waals surface area contributed by atoms with E-state index in [0.717, 1.165) is 9.87 Å². The fourth-order valence-electron chi connectivity index (χ4n) is 3.45. The molecule has 0 radical (unpaired) electrons. The lowest BCUT2D eigenvalue weighted by Crippen LogP contribution is -2.23. The van der Waals surface area contributed by atoms with Gasteiger partial charge >= 0.3 is 5.97 Å². The van der Waals surface area contributed by atoms with E-state index in [9.17, 15) is 13.6 Å². The summed E-state index contributed by atoms with van der Waals surface area (Å²) in [6.45, 7) is 3.67. The van der Waals surface area contributed by atoms with Crippen molar-refractivity contribution in [2.24, 2.45) is 0 Å². The van der Waals surface area contributed by atoms with Crippen LogP contribution in [0.4, 0.5) is 11.6 Å². The van der Waals surface area contributed by atoms with Crippen LogP contribution in [0.1, 0.15) is 23.0 Å². The molecular formula is C26H24N5O7S-. The Labute approximate surface area is 227 Å². The molecule has 0 saturated heterocycles. The van der Waals surface area contributed by atoms with Crippen molar-refractivity contribution >= 4 is 28.9 Å². The van der Waals surface area contributed by atoms with Gasteiger partial charge in [0, 0.05) is 18.0 Å². The fraction of sp³-hybridized carbons (Fsp3) is 0.192. The summed E-state index contributed by atoms with van der Waals surface area (Å²) in [6.07, 6.45) is 2.91. The summed E-state index contributed by atoms with van der Waals surface area (Å²) in [7, 11) is 2.82. The maximum Gasteiger partial charge on any atom is 0.356 e. The molecule has 1 atom stereocenters. The average Bonchev–Trinajstić information content (AvgIpc) is 2.95. The Hall–Kier alpha value is -4.62. The average molecular weight is 551 g/mol. The quantitative estimate of drug-likeness (QED) is 0.207. The van der Waals surface area contributed by atoms with Gasteiger partial charge in [-0.2, -0.15) is 4.98 Å². The molecule has 0 saturated carbocycles. The molecule has 0 N–H and O–H groups in total. The second kappa shape index (κ2) is 12.3. The number of para-hydroxylation sites is 2. The van der Waals surface area contributed by atoms with Crippen LogP contribution in [-0.4, -0.2) is 55.5 Å². The molecule has 13 heteroatoms. The number of benzene rings is 1. The van der Waals surface area contributed by atoms with Gasteiger partial charge in [0.15, 0.2) is 23.1 Å². The topological polar surface area (TPSA) is 149 Å². The van der Waals surface area contributed by atoms with Gasteiger partial charge in [-0.15, -0.1) is 0 Å². The molecule has 0 fully saturated rings. The third kappa shape index (κ3) is 6.10. The van der Waals surface area contributed by atoms with Crippen molar-refractivity contribution in [2.75, 3.05) is 25.1 Å². The number of hydrogen-bond donors (Lipinski definition) is 0. The van der Waals surface area contributed by atoms with Crippen LogP contribution >= 0.6 is 0 Å². The number of hydrogen-bond acceptors (Lipinski definition) is 11. The predicted molar refractivity (Wildman–Crippen MR) is 141 cm³/mol. The van der Waals surface area contributed by atoms with E-state index < -0.39 is 17.2 Å². The lowest BCUT2D eigenvalue weighted by Gasteiger charge is -2.27. The monoisotopic (exact) mass is 550 g/mol. The van der Waals surface area contributed by atoms with E-state index in [4.69, 9.17) is 18.9 Å². The molecule has 4 aromatic rings. The summed E-state index contributed by atoms with van der Waals surface area (Å²) in [5.74, 6) is -0.299. The van der Waals surface area contributed by atoms with Crippen LogP contribution in [-0.2, 0) is 16.0 Å². The van der Waals surface area contributed by atoms with E-state index in [-0.39, 0.29) is 47.1 Å². The number of pyridine rings is 2. The molecule has 0 aliphatic carbocycles. The number of rotatable bonds is 10. The van der Waals surface area contributed by atoms with Gasteiger partial charge in [0.2, 0.25) is 5.75 Å². The summed E-state index contributed by atoms with van der Waals surface area (Å²) in [6, 6.07) is 13.0. The van der Waals surface area contributed by atoms with Crippen molar-refractivity contribution < 1.29 is 32.5 Å². The van der Waals surface area contributed by atoms with E-state index in [1.54, 1.807) is 43.3 Å². The number of aryl methyl sites for hydroxylation is 1. The van der Waals surface area contributed by atoms with Gasteiger partial charge in [-0.05, 0) is 49.7 Å². The van der Waals surface area contributed by atoms with Gasteiger partial charge in [0.1, 0.15) is 11.5 Å². The van der Waals surface area contributed by atoms with Crippen LogP contribution in [0.25, 0.3) is 11.4 Å². The Morgan fingerprint density at radius 1 is 1.03 bits per heavy atom. The van der Waals surface area contributed by atoms with Crippen molar-refractivity contribution in [1.82, 2.24) is 19.9 Å². The summed E-state index contributed by atoms with van der Waals surface area (Å²) in [5, 5.41) is 0. The maximum absolute atomic E-state index is 12.6. The second-order valence-electron chi connectivity index (χ2n) is 7.82. The maximum atomic E-state index is 12.6. The van der Waals surface area contributed by atoms with Crippen LogP contribution in [0, 0.1) is 6.92 Å². The summed E-state index contributed by atoms with van der Waals surface area (Å²) in [5.41, 5.74) is 1.20. The Morgan fingerprint density at radius 3 is 2.44 bits per heavy atom. The molecule has 1 unspecified atom stereocenters. The first-order chi connectivity index (χ1) is 18.9. The Balaban J connectivity index is 1.95. The fourth-order valence-corrected chi connectivity index (χ4v) is 3.97. The van der Waals surface area contributed by atoms with E-state index in [1.807, 2.05) is 6.92 Å². The van der Waals surface area contributed by atoms with E-state index in [0.29, 0.717) is 11.3 Å².